The Balaban J connectivity index is 0.000000112. The zero-order chi connectivity index (χ0) is 81.6. The Morgan fingerprint density at radius 3 is 1.08 bits per heavy atom. The Bertz CT molecular complexity index is 7520. The lowest BCUT2D eigenvalue weighted by Gasteiger charge is -2.36. The lowest BCUT2D eigenvalue weighted by Crippen LogP contribution is -2.27. The molecule has 0 unspecified atom stereocenters. The van der Waals surface area contributed by atoms with Crippen LogP contribution in [0.15, 0.2) is 406 Å². The molecule has 1 fully saturated rings. The van der Waals surface area contributed by atoms with E-state index >= 15 is 0 Å². The molecule has 1 saturated carbocycles. The zero-order valence-electron chi connectivity index (χ0n) is 67.0. The molecule has 1 spiro atoms. The van der Waals surface area contributed by atoms with Gasteiger partial charge in [0.05, 0.1) is 22.1 Å². The average Bonchev–Trinajstić information content (AvgIpc) is 1.56. The summed E-state index contributed by atoms with van der Waals surface area (Å²) < 4.78 is 7.13. The summed E-state index contributed by atoms with van der Waals surface area (Å²) in [4.78, 5) is 45.1. The van der Waals surface area contributed by atoms with E-state index in [-0.39, 0.29) is 5.41 Å². The van der Waals surface area contributed by atoms with E-state index in [1.54, 1.807) is 0 Å². The molecule has 24 rings (SSSR count). The highest BCUT2D eigenvalue weighted by molar-refractivity contribution is 7.26. The van der Waals surface area contributed by atoms with Gasteiger partial charge < -0.3 is 9.13 Å². The van der Waals surface area contributed by atoms with Gasteiger partial charge >= 0.3 is 0 Å². The molecule has 6 heterocycles. The third-order valence-corrected chi connectivity index (χ3v) is 25.3. The van der Waals surface area contributed by atoms with E-state index in [2.05, 4.69) is 276 Å². The van der Waals surface area contributed by atoms with E-state index in [9.17, 15) is 0 Å². The summed E-state index contributed by atoms with van der Waals surface area (Å²) in [6.45, 7) is 0. The first-order valence-electron chi connectivity index (χ1n) is 42.0. The van der Waals surface area contributed by atoms with Gasteiger partial charge in [0.1, 0.15) is 0 Å². The van der Waals surface area contributed by atoms with Crippen molar-refractivity contribution in [1.82, 2.24) is 54.0 Å². The molecule has 0 aliphatic heterocycles. The minimum Gasteiger partial charge on any atom is -0.309 e. The minimum absolute atomic E-state index is 0.109. The van der Waals surface area contributed by atoms with E-state index < -0.39 is 0 Å². The third kappa shape index (κ3) is 13.6. The van der Waals surface area contributed by atoms with E-state index in [0.717, 1.165) is 83.7 Å². The second-order valence-corrected chi connectivity index (χ2v) is 32.4. The van der Waals surface area contributed by atoms with Crippen LogP contribution < -0.4 is 0 Å². The Hall–Kier alpha value is -15.6. The Labute approximate surface area is 715 Å². The monoisotopic (exact) mass is 1600 g/mol. The number of thiophene rings is 1. The SMILES string of the molecule is c1ccc(-c2nc(-c3ccccc3)nc(-c3ccc(-c4ccc5c(c4)c4ccccc4n5-c4ccccc4)c4sc5ccccc5c34)n2)cc1.c1ccc(-c2nc(-c3ccccc3)nc(-c3cccc4c3-c3ccccc3C43CCCCC3)n2)cc1.c1ccc(-c2nc(-c3ccccc3)nc(-c3cccc4c3c3ccccc3n4-c3ccccc3)n2)cc1. The van der Waals surface area contributed by atoms with Crippen LogP contribution in [0.5, 0.6) is 0 Å². The van der Waals surface area contributed by atoms with Crippen LogP contribution in [0.3, 0.4) is 0 Å². The Kier molecular flexibility index (Phi) is 19.1. The normalized spacial score (nSPS) is 12.6. The highest BCUT2D eigenvalue weighted by Crippen LogP contribution is 2.58. The van der Waals surface area contributed by atoms with Crippen LogP contribution in [-0.4, -0.2) is 54.0 Å². The van der Waals surface area contributed by atoms with E-state index in [0.29, 0.717) is 46.6 Å². The van der Waals surface area contributed by atoms with Crippen LogP contribution in [0, 0.1) is 0 Å². The van der Waals surface area contributed by atoms with Crippen molar-refractivity contribution in [2.45, 2.75) is 37.5 Å². The van der Waals surface area contributed by atoms with Crippen molar-refractivity contribution in [3.8, 4) is 136 Å². The van der Waals surface area contributed by atoms with Gasteiger partial charge in [0, 0.05) is 109 Å². The molecule has 0 amide bonds. The standard InChI is InChI=1S/C45H28N4S.C33H22N4.C33H27N3/c1-4-14-29(15-5-1)43-46-44(30-16-6-2-7-17-30)48-45(47-43)36-26-25-33(42-41(36)35-21-11-13-23-40(35)50-42)31-24-27-39-37(28-31)34-20-10-12-22-38(34)49(39)32-18-8-3-9-19-32;1-4-13-23(14-5-1)31-34-32(24-15-6-2-7-16-24)36-33(35-31)27-20-12-22-29-30(27)26-19-10-11-21-28(26)37(29)25-17-8-3-9-18-25;1-4-13-23(14-5-1)30-34-31(24-15-6-2-7-16-24)36-32(35-30)26-18-12-20-28-29(26)25-17-8-9-19-27(25)33(28)21-10-3-11-22-33/h1-28H;1-22H;1-2,4-9,12-20H,3,10-11,21-22H2. The summed E-state index contributed by atoms with van der Waals surface area (Å²) in [5.74, 6) is 6.11. The molecular formula is C111H77N11S. The fraction of sp³-hybridized carbons (Fsp3) is 0.0541. The zero-order valence-corrected chi connectivity index (χ0v) is 67.9. The van der Waals surface area contributed by atoms with Crippen molar-refractivity contribution in [1.29, 1.82) is 0 Å². The maximum atomic E-state index is 5.12. The third-order valence-electron chi connectivity index (χ3n) is 24.1. The van der Waals surface area contributed by atoms with Crippen molar-refractivity contribution < 1.29 is 0 Å². The van der Waals surface area contributed by atoms with Gasteiger partial charge in [-0.15, -0.1) is 11.3 Å². The molecule has 0 bridgehead atoms. The summed E-state index contributed by atoms with van der Waals surface area (Å²) >= 11 is 1.83. The number of nitrogens with zero attached hydrogens (tertiary/aromatic N) is 11. The number of fused-ring (bicyclic) bond motifs is 14. The van der Waals surface area contributed by atoms with Gasteiger partial charge in [-0.25, -0.2) is 44.9 Å². The smallest absolute Gasteiger partial charge is 0.164 e. The average molecular weight is 1600 g/mol. The first-order valence-corrected chi connectivity index (χ1v) is 42.8. The molecule has 0 atom stereocenters. The quantitative estimate of drug-likeness (QED) is 0.118. The van der Waals surface area contributed by atoms with Gasteiger partial charge in [0.25, 0.3) is 0 Å². The van der Waals surface area contributed by atoms with E-state index in [4.69, 9.17) is 44.9 Å². The van der Waals surface area contributed by atoms with E-state index in [1.807, 2.05) is 151 Å². The number of hydrogen-bond donors (Lipinski definition) is 0. The van der Waals surface area contributed by atoms with E-state index in [1.165, 1.54) is 113 Å². The molecule has 0 N–H and O–H groups in total. The van der Waals surface area contributed by atoms with Crippen LogP contribution in [0.2, 0.25) is 0 Å². The highest BCUT2D eigenvalue weighted by atomic mass is 32.1. The Morgan fingerprint density at radius 2 is 0.569 bits per heavy atom. The van der Waals surface area contributed by atoms with Gasteiger partial charge in [-0.2, -0.15) is 0 Å². The van der Waals surface area contributed by atoms with Crippen LogP contribution in [0.25, 0.3) is 200 Å². The molecule has 6 aromatic heterocycles. The van der Waals surface area contributed by atoms with Crippen LogP contribution in [-0.2, 0) is 5.41 Å². The lowest BCUT2D eigenvalue weighted by atomic mass is 9.68. The van der Waals surface area contributed by atoms with Crippen molar-refractivity contribution in [3.05, 3.63) is 418 Å². The highest BCUT2D eigenvalue weighted by Gasteiger charge is 2.45. The second-order valence-electron chi connectivity index (χ2n) is 31.3. The van der Waals surface area contributed by atoms with Crippen LogP contribution in [0.4, 0.5) is 0 Å². The number of rotatable bonds is 12. The van der Waals surface area contributed by atoms with Crippen molar-refractivity contribution in [2.24, 2.45) is 0 Å². The molecule has 2 aliphatic rings. The Morgan fingerprint density at radius 1 is 0.220 bits per heavy atom. The van der Waals surface area contributed by atoms with Crippen molar-refractivity contribution in [3.63, 3.8) is 0 Å². The maximum absolute atomic E-state index is 5.12. The second kappa shape index (κ2) is 31.9. The molecule has 22 aromatic rings. The molecule has 2 aliphatic carbocycles. The van der Waals surface area contributed by atoms with Gasteiger partial charge in [-0.3, -0.25) is 0 Å². The molecule has 11 nitrogen and oxygen atoms in total. The lowest BCUT2D eigenvalue weighted by molar-refractivity contribution is 0.353. The van der Waals surface area contributed by atoms with Gasteiger partial charge in [0.2, 0.25) is 0 Å². The minimum atomic E-state index is 0.109. The molecule has 16 aromatic carbocycles. The van der Waals surface area contributed by atoms with Crippen LogP contribution >= 0.6 is 11.3 Å². The van der Waals surface area contributed by atoms with Gasteiger partial charge in [-0.1, -0.05) is 359 Å². The first-order chi connectivity index (χ1) is 61.0. The van der Waals surface area contributed by atoms with Gasteiger partial charge in [0.15, 0.2) is 52.4 Å². The number of aromatic nitrogens is 11. The number of hydrogen-bond acceptors (Lipinski definition) is 10. The summed E-state index contributed by atoms with van der Waals surface area (Å²) in [6, 6.07) is 141. The maximum Gasteiger partial charge on any atom is 0.164 e. The predicted octanol–water partition coefficient (Wildman–Crippen LogP) is 28.1. The topological polar surface area (TPSA) is 126 Å². The largest absolute Gasteiger partial charge is 0.309 e. The van der Waals surface area contributed by atoms with Gasteiger partial charge in [-0.05, 0) is 113 Å². The molecule has 0 radical (unpaired) electrons. The number of benzene rings is 16. The molecular weight excluding hydrogens is 1520 g/mol. The summed E-state index contributed by atoms with van der Waals surface area (Å²) in [5, 5.41) is 7.14. The summed E-state index contributed by atoms with van der Waals surface area (Å²) in [7, 11) is 0. The molecule has 582 valence electrons. The first kappa shape index (κ1) is 73.7. The summed E-state index contributed by atoms with van der Waals surface area (Å²) in [6.07, 6.45) is 6.30. The summed E-state index contributed by atoms with van der Waals surface area (Å²) in [5.41, 5.74) is 23.9. The molecule has 0 saturated heterocycles. The fourth-order valence-electron chi connectivity index (χ4n) is 18.5. The predicted molar refractivity (Wildman–Crippen MR) is 505 cm³/mol. The fourth-order valence-corrected chi connectivity index (χ4v) is 19.7. The van der Waals surface area contributed by atoms with Crippen LogP contribution in [0.1, 0.15) is 43.2 Å². The molecule has 123 heavy (non-hydrogen) atoms. The van der Waals surface area contributed by atoms with Crippen molar-refractivity contribution >= 4 is 75.1 Å². The molecule has 12 heteroatoms. The number of para-hydroxylation sites is 4. The van der Waals surface area contributed by atoms with Crippen molar-refractivity contribution in [2.75, 3.05) is 0 Å².